The first-order valence-corrected chi connectivity index (χ1v) is 10.3. The highest BCUT2D eigenvalue weighted by atomic mass is 16.2. The van der Waals surface area contributed by atoms with Gasteiger partial charge in [-0.05, 0) is 37.1 Å². The molecule has 0 radical (unpaired) electrons. The third-order valence-electron chi connectivity index (χ3n) is 5.72. The fourth-order valence-corrected chi connectivity index (χ4v) is 4.22. The second-order valence-electron chi connectivity index (χ2n) is 7.61. The molecule has 4 rings (SSSR count). The average molecular weight is 403 g/mol. The number of imidazole rings is 1. The zero-order chi connectivity index (χ0) is 20.9. The smallest absolute Gasteiger partial charge is 0.310 e. The summed E-state index contributed by atoms with van der Waals surface area (Å²) in [5.41, 5.74) is 2.54. The van der Waals surface area contributed by atoms with Crippen LogP contribution >= 0.6 is 0 Å². The van der Waals surface area contributed by atoms with Crippen molar-refractivity contribution in [3.05, 3.63) is 65.1 Å². The number of nitrogens with zero attached hydrogens (tertiary/aromatic N) is 4. The maximum atomic E-state index is 13.0. The van der Waals surface area contributed by atoms with E-state index < -0.39 is 0 Å². The Morgan fingerprint density at radius 3 is 2.53 bits per heavy atom. The topological polar surface area (TPSA) is 85.1 Å². The summed E-state index contributed by atoms with van der Waals surface area (Å²) in [5, 5.41) is 8.95. The molecule has 0 bridgehead atoms. The van der Waals surface area contributed by atoms with Crippen LogP contribution < -0.4 is 10.6 Å². The number of nitrogens with one attached hydrogen (secondary N) is 1. The number of nitriles is 1. The molecule has 3 aromatic rings. The Labute approximate surface area is 175 Å². The van der Waals surface area contributed by atoms with Crippen molar-refractivity contribution >= 4 is 22.6 Å². The standard InChI is InChI=1S/C23H25N5O2/c24-13-6-14-27(18-7-2-1-3-8-18)22(29)17-26-15-11-19(12-16-26)28-21-10-5-4-9-20(21)25-23(28)30/h1-5,7-10,19H,6,11-12,14-17H2,(H,25,30). The predicted molar refractivity (Wildman–Crippen MR) is 116 cm³/mol. The number of hydrogen-bond acceptors (Lipinski definition) is 4. The first-order chi connectivity index (χ1) is 14.7. The molecule has 0 atom stereocenters. The van der Waals surface area contributed by atoms with Crippen LogP contribution in [-0.2, 0) is 4.79 Å². The van der Waals surface area contributed by atoms with E-state index in [0.717, 1.165) is 42.7 Å². The molecule has 1 amide bonds. The van der Waals surface area contributed by atoms with Crippen molar-refractivity contribution < 1.29 is 4.79 Å². The molecule has 0 unspecified atom stereocenters. The Bertz CT molecular complexity index is 1100. The van der Waals surface area contributed by atoms with E-state index in [9.17, 15) is 9.59 Å². The third kappa shape index (κ3) is 4.14. The van der Waals surface area contributed by atoms with Crippen molar-refractivity contribution in [2.75, 3.05) is 31.1 Å². The predicted octanol–water partition coefficient (Wildman–Crippen LogP) is 2.91. The van der Waals surface area contributed by atoms with Crippen LogP contribution in [0.2, 0.25) is 0 Å². The van der Waals surface area contributed by atoms with Gasteiger partial charge in [0.15, 0.2) is 0 Å². The van der Waals surface area contributed by atoms with Crippen molar-refractivity contribution in [3.8, 4) is 6.07 Å². The zero-order valence-corrected chi connectivity index (χ0v) is 16.8. The largest absolute Gasteiger partial charge is 0.326 e. The van der Waals surface area contributed by atoms with Gasteiger partial charge in [0.05, 0.1) is 30.1 Å². The Kier molecular flexibility index (Phi) is 5.96. The van der Waals surface area contributed by atoms with E-state index in [1.54, 1.807) is 4.90 Å². The minimum absolute atomic E-state index is 0.000777. The van der Waals surface area contributed by atoms with Crippen molar-refractivity contribution in [2.45, 2.75) is 25.3 Å². The number of carbonyl (C=O) groups excluding carboxylic acids is 1. The molecule has 0 spiro atoms. The maximum absolute atomic E-state index is 13.0. The molecule has 30 heavy (non-hydrogen) atoms. The number of benzene rings is 2. The number of aromatic nitrogens is 2. The summed E-state index contributed by atoms with van der Waals surface area (Å²) in [7, 11) is 0. The number of aromatic amines is 1. The molecule has 1 aliphatic rings. The second-order valence-corrected chi connectivity index (χ2v) is 7.61. The van der Waals surface area contributed by atoms with Crippen LogP contribution in [0.5, 0.6) is 0 Å². The molecule has 1 fully saturated rings. The molecule has 1 aromatic heterocycles. The molecule has 1 N–H and O–H groups in total. The lowest BCUT2D eigenvalue weighted by Crippen LogP contribution is -2.44. The van der Waals surface area contributed by atoms with Crippen LogP contribution in [0, 0.1) is 11.3 Å². The third-order valence-corrected chi connectivity index (χ3v) is 5.72. The Balaban J connectivity index is 1.41. The van der Waals surface area contributed by atoms with Gasteiger partial charge in [-0.1, -0.05) is 30.3 Å². The monoisotopic (exact) mass is 403 g/mol. The molecule has 7 nitrogen and oxygen atoms in total. The first kappa shape index (κ1) is 19.9. The lowest BCUT2D eigenvalue weighted by atomic mass is 10.0. The van der Waals surface area contributed by atoms with Gasteiger partial charge in [0.25, 0.3) is 0 Å². The molecular weight excluding hydrogens is 378 g/mol. The molecule has 1 aliphatic heterocycles. The minimum Gasteiger partial charge on any atom is -0.310 e. The fourth-order valence-electron chi connectivity index (χ4n) is 4.22. The van der Waals surface area contributed by atoms with Gasteiger partial charge in [0.2, 0.25) is 5.91 Å². The van der Waals surface area contributed by atoms with E-state index in [-0.39, 0.29) is 17.6 Å². The van der Waals surface area contributed by atoms with Crippen LogP contribution in [0.1, 0.15) is 25.3 Å². The number of piperidine rings is 1. The molecule has 2 aromatic carbocycles. The summed E-state index contributed by atoms with van der Waals surface area (Å²) in [6.07, 6.45) is 1.93. The van der Waals surface area contributed by atoms with Crippen LogP contribution in [0.15, 0.2) is 59.4 Å². The summed E-state index contributed by atoms with van der Waals surface area (Å²) in [5.74, 6) is -0.000777. The number of likely N-dealkylation sites (tertiary alicyclic amines) is 1. The summed E-state index contributed by atoms with van der Waals surface area (Å²) in [6.45, 7) is 2.21. The Hall–Kier alpha value is -3.37. The van der Waals surface area contributed by atoms with Crippen LogP contribution in [-0.4, -0.2) is 46.5 Å². The first-order valence-electron chi connectivity index (χ1n) is 10.3. The van der Waals surface area contributed by atoms with E-state index in [0.29, 0.717) is 19.5 Å². The van der Waals surface area contributed by atoms with E-state index >= 15 is 0 Å². The van der Waals surface area contributed by atoms with Gasteiger partial charge >= 0.3 is 5.69 Å². The molecule has 154 valence electrons. The van der Waals surface area contributed by atoms with Gasteiger partial charge in [-0.3, -0.25) is 14.3 Å². The molecular formula is C23H25N5O2. The lowest BCUT2D eigenvalue weighted by molar-refractivity contribution is -0.120. The van der Waals surface area contributed by atoms with Crippen LogP contribution in [0.25, 0.3) is 11.0 Å². The highest BCUT2D eigenvalue weighted by molar-refractivity contribution is 5.94. The summed E-state index contributed by atoms with van der Waals surface area (Å²) in [4.78, 5) is 32.2. The van der Waals surface area contributed by atoms with E-state index in [4.69, 9.17) is 5.26 Å². The molecule has 0 saturated carbocycles. The Morgan fingerprint density at radius 1 is 1.10 bits per heavy atom. The Morgan fingerprint density at radius 2 is 1.80 bits per heavy atom. The zero-order valence-electron chi connectivity index (χ0n) is 16.8. The van der Waals surface area contributed by atoms with Gasteiger partial charge in [-0.15, -0.1) is 0 Å². The van der Waals surface area contributed by atoms with Gasteiger partial charge in [0.1, 0.15) is 0 Å². The number of amides is 1. The fraction of sp³-hybridized carbons (Fsp3) is 0.348. The SMILES string of the molecule is N#CCCN(C(=O)CN1CCC(n2c(=O)[nH]c3ccccc32)CC1)c1ccccc1. The molecule has 2 heterocycles. The van der Waals surface area contributed by atoms with E-state index in [1.807, 2.05) is 59.2 Å². The van der Waals surface area contributed by atoms with Crippen molar-refractivity contribution in [1.29, 1.82) is 5.26 Å². The van der Waals surface area contributed by atoms with E-state index in [1.165, 1.54) is 0 Å². The number of H-pyrrole nitrogens is 1. The van der Waals surface area contributed by atoms with Crippen LogP contribution in [0.4, 0.5) is 5.69 Å². The normalized spacial score (nSPS) is 15.2. The molecule has 7 heteroatoms. The number of rotatable bonds is 6. The van der Waals surface area contributed by atoms with Gasteiger partial charge < -0.3 is 9.88 Å². The van der Waals surface area contributed by atoms with E-state index in [2.05, 4.69) is 16.0 Å². The lowest BCUT2D eigenvalue weighted by Gasteiger charge is -2.33. The van der Waals surface area contributed by atoms with Gasteiger partial charge in [-0.25, -0.2) is 4.79 Å². The van der Waals surface area contributed by atoms with Gasteiger partial charge in [0, 0.05) is 31.4 Å². The van der Waals surface area contributed by atoms with Crippen molar-refractivity contribution in [3.63, 3.8) is 0 Å². The second kappa shape index (κ2) is 8.97. The number of para-hydroxylation sites is 3. The quantitative estimate of drug-likeness (QED) is 0.686. The highest BCUT2D eigenvalue weighted by Crippen LogP contribution is 2.25. The number of hydrogen-bond donors (Lipinski definition) is 1. The molecule has 1 saturated heterocycles. The average Bonchev–Trinajstić information content (AvgIpc) is 3.11. The molecule has 0 aliphatic carbocycles. The minimum atomic E-state index is -0.0718. The number of fused-ring (bicyclic) bond motifs is 1. The number of anilines is 1. The number of carbonyl (C=O) groups is 1. The maximum Gasteiger partial charge on any atom is 0.326 e. The summed E-state index contributed by atoms with van der Waals surface area (Å²) < 4.78 is 1.86. The van der Waals surface area contributed by atoms with Crippen molar-refractivity contribution in [1.82, 2.24) is 14.5 Å². The van der Waals surface area contributed by atoms with Gasteiger partial charge in [-0.2, -0.15) is 5.26 Å². The highest BCUT2D eigenvalue weighted by Gasteiger charge is 2.26. The van der Waals surface area contributed by atoms with Crippen LogP contribution in [0.3, 0.4) is 0 Å². The summed E-state index contributed by atoms with van der Waals surface area (Å²) >= 11 is 0. The summed E-state index contributed by atoms with van der Waals surface area (Å²) in [6, 6.07) is 19.5. The van der Waals surface area contributed by atoms with Crippen molar-refractivity contribution in [2.24, 2.45) is 0 Å².